The molecule has 2 aliphatic heterocycles. The molecule has 54 heavy (non-hydrogen) atoms. The second-order valence-corrected chi connectivity index (χ2v) is 17.4. The van der Waals surface area contributed by atoms with Crippen LogP contribution in [0.4, 0.5) is 11.4 Å². The van der Waals surface area contributed by atoms with Crippen molar-refractivity contribution in [3.63, 3.8) is 0 Å². The van der Waals surface area contributed by atoms with Crippen molar-refractivity contribution in [1.82, 2.24) is 0 Å². The molecule has 4 nitrogen and oxygen atoms in total. The molecule has 270 valence electrons. The Labute approximate surface area is 320 Å². The first-order valence-electron chi connectivity index (χ1n) is 18.8. The Bertz CT molecular complexity index is 2650. The minimum Gasteiger partial charge on any atom is -0.340 e. The van der Waals surface area contributed by atoms with E-state index in [1.807, 2.05) is 18.2 Å². The molecule has 0 radical (unpaired) electrons. The summed E-state index contributed by atoms with van der Waals surface area (Å²) in [5, 5.41) is 4.89. The number of sulfone groups is 1. The first-order chi connectivity index (χ1) is 26.0. The third-order valence-corrected chi connectivity index (χ3v) is 13.5. The molecule has 0 spiro atoms. The summed E-state index contributed by atoms with van der Waals surface area (Å²) in [7, 11) is -3.84. The van der Waals surface area contributed by atoms with Crippen molar-refractivity contribution < 1.29 is 13.0 Å². The molecule has 0 saturated carbocycles. The van der Waals surface area contributed by atoms with Crippen LogP contribution in [0.5, 0.6) is 0 Å². The molecule has 5 aromatic carbocycles. The standard InChI is InChI=1S/C49H47N2O2S/c1-7-32-50-41-28-24-34-16-12-14-20-39(34)45(41)48(3,4)43(50)30-26-36-22-23-37(47(36)54(52,53)38-18-10-9-11-19-38)27-31-44-49(5,6)46-40-21-15-13-17-35(40)25-29-42(46)51(44)33-8-2/h7-21,24-31H,1-2,22-23,32-33H2,3-6H3/q+1. The summed E-state index contributed by atoms with van der Waals surface area (Å²) in [6.45, 7) is 18.5. The maximum atomic E-state index is 14.7. The third-order valence-electron chi connectivity index (χ3n) is 11.6. The van der Waals surface area contributed by atoms with Gasteiger partial charge in [-0.2, -0.15) is 4.58 Å². The highest BCUT2D eigenvalue weighted by Gasteiger charge is 2.45. The zero-order valence-corrected chi connectivity index (χ0v) is 32.5. The summed E-state index contributed by atoms with van der Waals surface area (Å²) in [4.78, 5) is 3.04. The molecule has 5 aromatic rings. The molecule has 3 aliphatic rings. The van der Waals surface area contributed by atoms with Gasteiger partial charge in [-0.1, -0.05) is 111 Å². The van der Waals surface area contributed by atoms with Gasteiger partial charge in [0, 0.05) is 41.1 Å². The fourth-order valence-corrected chi connectivity index (χ4v) is 10.9. The van der Waals surface area contributed by atoms with Crippen LogP contribution in [0.2, 0.25) is 0 Å². The van der Waals surface area contributed by atoms with Crippen molar-refractivity contribution in [3.05, 3.63) is 186 Å². The van der Waals surface area contributed by atoms with Crippen molar-refractivity contribution >= 4 is 48.5 Å². The van der Waals surface area contributed by atoms with Crippen molar-refractivity contribution in [2.24, 2.45) is 0 Å². The molecule has 1 aliphatic carbocycles. The molecule has 0 bridgehead atoms. The van der Waals surface area contributed by atoms with Gasteiger partial charge in [-0.25, -0.2) is 8.42 Å². The van der Waals surface area contributed by atoms with Crippen LogP contribution in [0.1, 0.15) is 51.7 Å². The smallest absolute Gasteiger partial charge is 0.210 e. The van der Waals surface area contributed by atoms with Gasteiger partial charge in [0.05, 0.1) is 15.2 Å². The first-order valence-corrected chi connectivity index (χ1v) is 20.3. The Morgan fingerprint density at radius 3 is 2.04 bits per heavy atom. The van der Waals surface area contributed by atoms with Gasteiger partial charge < -0.3 is 4.90 Å². The van der Waals surface area contributed by atoms with Crippen LogP contribution in [0.15, 0.2) is 179 Å². The van der Waals surface area contributed by atoms with E-state index in [2.05, 4.69) is 147 Å². The number of hydrogen-bond acceptors (Lipinski definition) is 3. The number of rotatable bonds is 9. The lowest BCUT2D eigenvalue weighted by Crippen LogP contribution is -2.28. The highest BCUT2D eigenvalue weighted by Crippen LogP contribution is 2.51. The molecule has 0 saturated heterocycles. The SMILES string of the molecule is C=CCN1/C(=C/C=C2\CCC(/C=C/C3=[N+](CC=C)c4ccc5ccccc5c4C3(C)C)=C2S(=O)(=O)c2ccccc2)C(C)(C)c2c1ccc1ccccc21. The molecular weight excluding hydrogens is 681 g/mol. The van der Waals surface area contributed by atoms with Gasteiger partial charge in [0.2, 0.25) is 15.5 Å². The normalized spacial score (nSPS) is 19.1. The Kier molecular flexibility index (Phi) is 8.81. The van der Waals surface area contributed by atoms with Crippen LogP contribution >= 0.6 is 0 Å². The maximum absolute atomic E-state index is 14.7. The Balaban J connectivity index is 1.27. The highest BCUT2D eigenvalue weighted by molar-refractivity contribution is 7.95. The average molecular weight is 728 g/mol. The third kappa shape index (κ3) is 5.56. The molecular formula is C49H47N2O2S+. The molecule has 8 rings (SSSR count). The van der Waals surface area contributed by atoms with Crippen molar-refractivity contribution in [2.45, 2.75) is 56.3 Å². The van der Waals surface area contributed by atoms with E-state index in [9.17, 15) is 8.42 Å². The number of anilines is 1. The minimum atomic E-state index is -3.84. The molecule has 0 fully saturated rings. The van der Waals surface area contributed by atoms with E-state index in [4.69, 9.17) is 0 Å². The lowest BCUT2D eigenvalue weighted by Gasteiger charge is -2.26. The van der Waals surface area contributed by atoms with Crippen molar-refractivity contribution in [3.8, 4) is 0 Å². The number of hydrogen-bond donors (Lipinski definition) is 0. The first kappa shape index (κ1) is 35.5. The van der Waals surface area contributed by atoms with E-state index in [1.165, 1.54) is 44.0 Å². The van der Waals surface area contributed by atoms with Crippen LogP contribution < -0.4 is 4.90 Å². The average Bonchev–Trinajstić information content (AvgIpc) is 3.76. The lowest BCUT2D eigenvalue weighted by molar-refractivity contribution is -0.425. The summed E-state index contributed by atoms with van der Waals surface area (Å²) >= 11 is 0. The fraction of sp³-hybridized carbons (Fsp3) is 0.204. The zero-order chi connectivity index (χ0) is 37.8. The Morgan fingerprint density at radius 1 is 0.704 bits per heavy atom. The van der Waals surface area contributed by atoms with Crippen LogP contribution in [0, 0.1) is 0 Å². The van der Waals surface area contributed by atoms with E-state index in [1.54, 1.807) is 24.3 Å². The van der Waals surface area contributed by atoms with Crippen LogP contribution in [0.3, 0.4) is 0 Å². The van der Waals surface area contributed by atoms with Gasteiger partial charge in [-0.05, 0) is 101 Å². The summed E-state index contributed by atoms with van der Waals surface area (Å²) in [6, 6.07) is 34.7. The summed E-state index contributed by atoms with van der Waals surface area (Å²) in [6.07, 6.45) is 13.6. The van der Waals surface area contributed by atoms with Gasteiger partial charge >= 0.3 is 0 Å². The van der Waals surface area contributed by atoms with E-state index < -0.39 is 9.84 Å². The Hall–Kier alpha value is -5.52. The number of allylic oxidation sites excluding steroid dienone is 7. The van der Waals surface area contributed by atoms with Gasteiger partial charge in [0.25, 0.3) is 0 Å². The van der Waals surface area contributed by atoms with Crippen molar-refractivity contribution in [1.29, 1.82) is 0 Å². The van der Waals surface area contributed by atoms with Crippen LogP contribution in [-0.4, -0.2) is 31.8 Å². The maximum Gasteiger partial charge on any atom is 0.210 e. The topological polar surface area (TPSA) is 40.4 Å². The Morgan fingerprint density at radius 2 is 1.35 bits per heavy atom. The fourth-order valence-electron chi connectivity index (χ4n) is 9.16. The quantitative estimate of drug-likeness (QED) is 0.112. The summed E-state index contributed by atoms with van der Waals surface area (Å²) in [5.41, 5.74) is 8.15. The van der Waals surface area contributed by atoms with E-state index in [-0.39, 0.29) is 10.8 Å². The predicted molar refractivity (Wildman–Crippen MR) is 227 cm³/mol. The second-order valence-electron chi connectivity index (χ2n) is 15.5. The largest absolute Gasteiger partial charge is 0.340 e. The monoisotopic (exact) mass is 727 g/mol. The second kappa shape index (κ2) is 13.4. The number of fused-ring (bicyclic) bond motifs is 6. The molecule has 5 heteroatoms. The number of benzene rings is 5. The zero-order valence-electron chi connectivity index (χ0n) is 31.6. The summed E-state index contributed by atoms with van der Waals surface area (Å²) in [5.74, 6) is 0. The van der Waals surface area contributed by atoms with Gasteiger partial charge in [0.1, 0.15) is 0 Å². The highest BCUT2D eigenvalue weighted by atomic mass is 32.2. The van der Waals surface area contributed by atoms with Gasteiger partial charge in [0.15, 0.2) is 12.3 Å². The lowest BCUT2D eigenvalue weighted by atomic mass is 9.79. The van der Waals surface area contributed by atoms with Gasteiger partial charge in [-0.15, -0.1) is 6.58 Å². The van der Waals surface area contributed by atoms with Gasteiger partial charge in [-0.3, -0.25) is 0 Å². The van der Waals surface area contributed by atoms with E-state index in [0.717, 1.165) is 22.6 Å². The molecule has 0 atom stereocenters. The predicted octanol–water partition coefficient (Wildman–Crippen LogP) is 11.4. The van der Waals surface area contributed by atoms with E-state index >= 15 is 0 Å². The molecule has 0 N–H and O–H groups in total. The minimum absolute atomic E-state index is 0.306. The molecule has 0 aromatic heterocycles. The van der Waals surface area contributed by atoms with E-state index in [0.29, 0.717) is 35.7 Å². The van der Waals surface area contributed by atoms with Crippen LogP contribution in [0.25, 0.3) is 21.5 Å². The summed E-state index contributed by atoms with van der Waals surface area (Å²) < 4.78 is 31.7. The van der Waals surface area contributed by atoms with Crippen LogP contribution in [-0.2, 0) is 20.7 Å². The number of nitrogens with zero attached hydrogens (tertiary/aromatic N) is 2. The molecule has 0 unspecified atom stereocenters. The molecule has 2 heterocycles. The van der Waals surface area contributed by atoms with Crippen molar-refractivity contribution in [2.75, 3.05) is 18.0 Å². The molecule has 0 amide bonds.